The third-order valence-electron chi connectivity index (χ3n) is 4.87. The minimum atomic E-state index is -0.463. The van der Waals surface area contributed by atoms with Crippen LogP contribution in [0.5, 0.6) is 0 Å². The van der Waals surface area contributed by atoms with Crippen molar-refractivity contribution in [3.63, 3.8) is 0 Å². The number of hydrogen-bond acceptors (Lipinski definition) is 3. The van der Waals surface area contributed by atoms with E-state index in [-0.39, 0.29) is 12.1 Å². The molecule has 1 amide bonds. The molecule has 1 unspecified atom stereocenters. The Balaban J connectivity index is 1.84. The quantitative estimate of drug-likeness (QED) is 0.817. The first-order chi connectivity index (χ1) is 11.8. The van der Waals surface area contributed by atoms with Crippen LogP contribution in [0.2, 0.25) is 0 Å². The third-order valence-corrected chi connectivity index (χ3v) is 4.87. The molecule has 1 fully saturated rings. The number of carbonyl (C=O) groups excluding carboxylic acids is 1. The van der Waals surface area contributed by atoms with Gasteiger partial charge in [0.25, 0.3) is 0 Å². The van der Waals surface area contributed by atoms with Crippen LogP contribution in [0, 0.1) is 13.8 Å². The van der Waals surface area contributed by atoms with Gasteiger partial charge in [-0.1, -0.05) is 6.07 Å². The summed E-state index contributed by atoms with van der Waals surface area (Å²) < 4.78 is 7.76. The molecular formula is C20H29N3O2. The zero-order valence-electron chi connectivity index (χ0n) is 16.0. The molecule has 5 nitrogen and oxygen atoms in total. The van der Waals surface area contributed by atoms with E-state index < -0.39 is 5.60 Å². The van der Waals surface area contributed by atoms with Crippen LogP contribution in [0.25, 0.3) is 5.65 Å². The van der Waals surface area contributed by atoms with Crippen molar-refractivity contribution in [2.24, 2.45) is 0 Å². The molecule has 3 heterocycles. The molecule has 1 atom stereocenters. The summed E-state index contributed by atoms with van der Waals surface area (Å²) in [6.07, 6.45) is 5.84. The number of ether oxygens (including phenoxy) is 1. The normalized spacial score (nSPS) is 18.6. The molecule has 2 aromatic rings. The van der Waals surface area contributed by atoms with Gasteiger partial charge in [-0.2, -0.15) is 0 Å². The molecule has 5 heteroatoms. The average Bonchev–Trinajstić information content (AvgIpc) is 2.84. The lowest BCUT2D eigenvalue weighted by Crippen LogP contribution is -2.47. The Morgan fingerprint density at radius 1 is 1.32 bits per heavy atom. The van der Waals surface area contributed by atoms with Crippen LogP contribution in [-0.2, 0) is 11.2 Å². The number of nitrogens with zero attached hydrogens (tertiary/aromatic N) is 3. The van der Waals surface area contributed by atoms with Crippen LogP contribution in [0.3, 0.4) is 0 Å². The maximum Gasteiger partial charge on any atom is 0.410 e. The fraction of sp³-hybridized carbons (Fsp3) is 0.600. The molecule has 0 N–H and O–H groups in total. The van der Waals surface area contributed by atoms with Gasteiger partial charge >= 0.3 is 6.09 Å². The van der Waals surface area contributed by atoms with Crippen molar-refractivity contribution < 1.29 is 9.53 Å². The highest BCUT2D eigenvalue weighted by Crippen LogP contribution is 2.25. The summed E-state index contributed by atoms with van der Waals surface area (Å²) in [7, 11) is 0. The van der Waals surface area contributed by atoms with E-state index in [4.69, 9.17) is 9.72 Å². The number of rotatable bonds is 2. The second-order valence-electron chi connectivity index (χ2n) is 8.06. The second kappa shape index (κ2) is 6.70. The molecule has 136 valence electrons. The van der Waals surface area contributed by atoms with Crippen molar-refractivity contribution in [1.82, 2.24) is 14.3 Å². The largest absolute Gasteiger partial charge is 0.444 e. The van der Waals surface area contributed by atoms with Crippen LogP contribution >= 0.6 is 0 Å². The van der Waals surface area contributed by atoms with Gasteiger partial charge in [-0.25, -0.2) is 9.78 Å². The van der Waals surface area contributed by atoms with Crippen LogP contribution in [-0.4, -0.2) is 38.6 Å². The first kappa shape index (κ1) is 17.8. The number of fused-ring (bicyclic) bond motifs is 1. The summed E-state index contributed by atoms with van der Waals surface area (Å²) in [5.74, 6) is 0. The van der Waals surface area contributed by atoms with E-state index in [2.05, 4.69) is 36.6 Å². The predicted octanol–water partition coefficient (Wildman–Crippen LogP) is 4.28. The Labute approximate surface area is 150 Å². The van der Waals surface area contributed by atoms with E-state index in [0.29, 0.717) is 0 Å². The molecule has 1 aliphatic heterocycles. The Bertz CT molecular complexity index is 773. The number of amides is 1. The van der Waals surface area contributed by atoms with Gasteiger partial charge in [-0.3, -0.25) is 0 Å². The van der Waals surface area contributed by atoms with Gasteiger partial charge in [0.05, 0.1) is 5.69 Å². The van der Waals surface area contributed by atoms with Crippen molar-refractivity contribution >= 4 is 11.7 Å². The summed E-state index contributed by atoms with van der Waals surface area (Å²) >= 11 is 0. The summed E-state index contributed by atoms with van der Waals surface area (Å²) in [6, 6.07) is 4.29. The lowest BCUT2D eigenvalue weighted by Gasteiger charge is -2.36. The third kappa shape index (κ3) is 3.80. The Kier molecular flexibility index (Phi) is 4.76. The highest BCUT2D eigenvalue weighted by Gasteiger charge is 2.31. The van der Waals surface area contributed by atoms with Crippen molar-refractivity contribution in [2.75, 3.05) is 6.54 Å². The fourth-order valence-electron chi connectivity index (χ4n) is 3.56. The Morgan fingerprint density at radius 2 is 2.08 bits per heavy atom. The molecule has 0 radical (unpaired) electrons. The van der Waals surface area contributed by atoms with Crippen molar-refractivity contribution in [3.8, 4) is 0 Å². The number of carbonyl (C=O) groups is 1. The van der Waals surface area contributed by atoms with E-state index in [1.165, 1.54) is 5.56 Å². The van der Waals surface area contributed by atoms with Crippen molar-refractivity contribution in [1.29, 1.82) is 0 Å². The second-order valence-corrected chi connectivity index (χ2v) is 8.06. The molecule has 0 aliphatic carbocycles. The van der Waals surface area contributed by atoms with Crippen LogP contribution in [0.1, 0.15) is 57.0 Å². The number of aryl methyl sites for hydroxylation is 2. The topological polar surface area (TPSA) is 46.8 Å². The molecule has 3 rings (SSSR count). The molecule has 0 bridgehead atoms. The maximum atomic E-state index is 12.6. The SMILES string of the molecule is Cc1cccn2c(C)c(CC3CCCCN3C(=O)OC(C)(C)C)nc12. The van der Waals surface area contributed by atoms with Gasteiger partial charge in [-0.05, 0) is 65.5 Å². The lowest BCUT2D eigenvalue weighted by atomic mass is 9.98. The number of hydrogen-bond donors (Lipinski definition) is 0. The van der Waals surface area contributed by atoms with E-state index in [0.717, 1.165) is 49.3 Å². The van der Waals surface area contributed by atoms with Gasteiger partial charge < -0.3 is 14.0 Å². The lowest BCUT2D eigenvalue weighted by molar-refractivity contribution is 0.00984. The number of imidazole rings is 1. The predicted molar refractivity (Wildman–Crippen MR) is 98.9 cm³/mol. The molecule has 1 aliphatic rings. The molecule has 2 aromatic heterocycles. The van der Waals surface area contributed by atoms with Gasteiger partial charge in [0.1, 0.15) is 11.2 Å². The smallest absolute Gasteiger partial charge is 0.410 e. The van der Waals surface area contributed by atoms with Gasteiger partial charge in [0.15, 0.2) is 0 Å². The molecule has 25 heavy (non-hydrogen) atoms. The summed E-state index contributed by atoms with van der Waals surface area (Å²) in [4.78, 5) is 19.4. The number of piperidine rings is 1. The number of pyridine rings is 1. The van der Waals surface area contributed by atoms with Crippen LogP contribution in [0.4, 0.5) is 4.79 Å². The highest BCUT2D eigenvalue weighted by molar-refractivity contribution is 5.68. The fourth-order valence-corrected chi connectivity index (χ4v) is 3.56. The van der Waals surface area contributed by atoms with Crippen LogP contribution in [0.15, 0.2) is 18.3 Å². The summed E-state index contributed by atoms with van der Waals surface area (Å²) in [6.45, 7) is 10.7. The number of likely N-dealkylation sites (tertiary alicyclic amines) is 1. The zero-order chi connectivity index (χ0) is 18.2. The Morgan fingerprint density at radius 3 is 2.76 bits per heavy atom. The molecule has 0 spiro atoms. The first-order valence-corrected chi connectivity index (χ1v) is 9.19. The van der Waals surface area contributed by atoms with Crippen LogP contribution < -0.4 is 0 Å². The van der Waals surface area contributed by atoms with E-state index in [1.54, 1.807) is 0 Å². The van der Waals surface area contributed by atoms with Crippen molar-refractivity contribution in [2.45, 2.75) is 71.9 Å². The molecule has 0 saturated carbocycles. The number of aromatic nitrogens is 2. The molecule has 1 saturated heterocycles. The first-order valence-electron chi connectivity index (χ1n) is 9.19. The van der Waals surface area contributed by atoms with E-state index in [1.807, 2.05) is 25.7 Å². The molecular weight excluding hydrogens is 314 g/mol. The zero-order valence-corrected chi connectivity index (χ0v) is 16.0. The Hall–Kier alpha value is -2.04. The van der Waals surface area contributed by atoms with E-state index in [9.17, 15) is 4.79 Å². The minimum absolute atomic E-state index is 0.160. The van der Waals surface area contributed by atoms with Crippen molar-refractivity contribution in [3.05, 3.63) is 35.3 Å². The minimum Gasteiger partial charge on any atom is -0.444 e. The van der Waals surface area contributed by atoms with E-state index >= 15 is 0 Å². The molecule has 0 aromatic carbocycles. The highest BCUT2D eigenvalue weighted by atomic mass is 16.6. The maximum absolute atomic E-state index is 12.6. The van der Waals surface area contributed by atoms with Gasteiger partial charge in [-0.15, -0.1) is 0 Å². The van der Waals surface area contributed by atoms with Gasteiger partial charge in [0, 0.05) is 30.9 Å². The average molecular weight is 343 g/mol. The van der Waals surface area contributed by atoms with Gasteiger partial charge in [0.2, 0.25) is 0 Å². The standard InChI is InChI=1S/C20H29N3O2/c1-14-9-8-12-22-15(2)17(21-18(14)22)13-16-10-6-7-11-23(16)19(24)25-20(3,4)5/h8-9,12,16H,6-7,10-11,13H2,1-5H3. The summed E-state index contributed by atoms with van der Waals surface area (Å²) in [5, 5.41) is 0. The monoisotopic (exact) mass is 343 g/mol. The summed E-state index contributed by atoms with van der Waals surface area (Å²) in [5.41, 5.74) is 3.96.